The molecule has 8 atom stereocenters. The van der Waals surface area contributed by atoms with Crippen LogP contribution < -0.4 is 0 Å². The van der Waals surface area contributed by atoms with Gasteiger partial charge in [0.1, 0.15) is 5.78 Å². The molecule has 0 bridgehead atoms. The van der Waals surface area contributed by atoms with Crippen molar-refractivity contribution >= 4 is 11.8 Å². The van der Waals surface area contributed by atoms with E-state index in [1.807, 2.05) is 6.92 Å². The quantitative estimate of drug-likeness (QED) is 0.291. The summed E-state index contributed by atoms with van der Waals surface area (Å²) in [6, 6.07) is 0. The Bertz CT molecular complexity index is 1010. The predicted molar refractivity (Wildman–Crippen MR) is 131 cm³/mol. The van der Waals surface area contributed by atoms with E-state index in [1.165, 1.54) is 0 Å². The van der Waals surface area contributed by atoms with Crippen LogP contribution in [0, 0.1) is 39.4 Å². The highest BCUT2D eigenvalue weighted by molar-refractivity contribution is 5.85. The standard InChI is InChI=1S/C30H44O4/c1-18-16-29(33-24(18)32)17-19(2)30(34-29)15-14-27(6)21-8-9-22-25(3,4)23(31)11-12-26(22,5)20(21)10-13-28(27,30)7/h18-19,22H,8-17H2,1-7H3/t18?,19-,22+,26-,27+,28+,29?,30+/m1/s1. The maximum absolute atomic E-state index is 12.9. The Morgan fingerprint density at radius 2 is 1.56 bits per heavy atom. The first-order chi connectivity index (χ1) is 15.7. The number of rotatable bonds is 0. The molecule has 6 aliphatic rings. The molecule has 6 rings (SSSR count). The number of ketones is 1. The molecule has 0 aromatic rings. The number of Topliss-reactive ketones (excluding diaryl/α,β-unsaturated/α-hetero) is 1. The monoisotopic (exact) mass is 468 g/mol. The van der Waals surface area contributed by atoms with Crippen LogP contribution >= 0.6 is 0 Å². The van der Waals surface area contributed by atoms with E-state index >= 15 is 0 Å². The van der Waals surface area contributed by atoms with E-state index < -0.39 is 5.79 Å². The minimum atomic E-state index is -0.712. The predicted octanol–water partition coefficient (Wildman–Crippen LogP) is 6.76. The normalized spacial score (nSPS) is 53.8. The van der Waals surface area contributed by atoms with E-state index in [1.54, 1.807) is 11.1 Å². The van der Waals surface area contributed by atoms with Crippen LogP contribution in [0.5, 0.6) is 0 Å². The van der Waals surface area contributed by atoms with E-state index in [-0.39, 0.29) is 39.1 Å². The lowest BCUT2D eigenvalue weighted by Crippen LogP contribution is -2.57. The minimum absolute atomic E-state index is 0.0309. The van der Waals surface area contributed by atoms with Crippen LogP contribution in [-0.2, 0) is 19.1 Å². The average Bonchev–Trinajstić information content (AvgIpc) is 3.28. The third-order valence-corrected chi connectivity index (χ3v) is 12.7. The number of hydrogen-bond acceptors (Lipinski definition) is 4. The summed E-state index contributed by atoms with van der Waals surface area (Å²) in [5.74, 6) is 0.409. The number of allylic oxidation sites excluding steroid dienone is 2. The van der Waals surface area contributed by atoms with Gasteiger partial charge in [-0.15, -0.1) is 0 Å². The van der Waals surface area contributed by atoms with E-state index in [2.05, 4.69) is 41.5 Å². The molecule has 4 fully saturated rings. The summed E-state index contributed by atoms with van der Waals surface area (Å²) in [4.78, 5) is 25.2. The summed E-state index contributed by atoms with van der Waals surface area (Å²) in [5, 5.41) is 0. The minimum Gasteiger partial charge on any atom is -0.433 e. The molecule has 4 nitrogen and oxygen atoms in total. The maximum atomic E-state index is 12.9. The summed E-state index contributed by atoms with van der Waals surface area (Å²) >= 11 is 0. The molecule has 2 aliphatic heterocycles. The molecule has 4 heteroatoms. The molecule has 2 spiro atoms. The molecule has 2 heterocycles. The second-order valence-corrected chi connectivity index (χ2v) is 14.3. The van der Waals surface area contributed by atoms with Gasteiger partial charge in [-0.25, -0.2) is 0 Å². The highest BCUT2D eigenvalue weighted by Crippen LogP contribution is 2.76. The number of hydrogen-bond donors (Lipinski definition) is 0. The number of fused-ring (bicyclic) bond motifs is 5. The van der Waals surface area contributed by atoms with Gasteiger partial charge < -0.3 is 9.47 Å². The van der Waals surface area contributed by atoms with Crippen molar-refractivity contribution in [1.29, 1.82) is 0 Å². The molecule has 2 saturated heterocycles. The summed E-state index contributed by atoms with van der Waals surface area (Å²) < 4.78 is 13.1. The molecule has 2 unspecified atom stereocenters. The molecule has 0 aromatic heterocycles. The molecule has 0 amide bonds. The summed E-state index contributed by atoms with van der Waals surface area (Å²) in [6.45, 7) is 16.3. The first-order valence-electron chi connectivity index (χ1n) is 13.9. The number of carbonyl (C=O) groups excluding carboxylic acids is 2. The fourth-order valence-electron chi connectivity index (χ4n) is 10.7. The Labute approximate surface area is 205 Å². The zero-order chi connectivity index (χ0) is 24.5. The topological polar surface area (TPSA) is 52.6 Å². The number of carbonyl (C=O) groups is 2. The second kappa shape index (κ2) is 6.58. The third kappa shape index (κ3) is 2.45. The van der Waals surface area contributed by atoms with Crippen LogP contribution in [0.3, 0.4) is 0 Å². The van der Waals surface area contributed by atoms with Gasteiger partial charge in [0.15, 0.2) is 0 Å². The molecular formula is C30H44O4. The van der Waals surface area contributed by atoms with E-state index in [4.69, 9.17) is 9.47 Å². The second-order valence-electron chi connectivity index (χ2n) is 14.3. The smallest absolute Gasteiger partial charge is 0.311 e. The number of esters is 1. The lowest BCUT2D eigenvalue weighted by atomic mass is 9.43. The van der Waals surface area contributed by atoms with Gasteiger partial charge in [0, 0.05) is 30.1 Å². The molecule has 4 aliphatic carbocycles. The maximum Gasteiger partial charge on any atom is 0.311 e. The van der Waals surface area contributed by atoms with Gasteiger partial charge in [0.25, 0.3) is 0 Å². The molecule has 0 radical (unpaired) electrons. The summed E-state index contributed by atoms with van der Waals surface area (Å²) in [7, 11) is 0. The van der Waals surface area contributed by atoms with Crippen molar-refractivity contribution in [2.45, 2.75) is 124 Å². The van der Waals surface area contributed by atoms with Crippen LogP contribution in [0.1, 0.15) is 113 Å². The Balaban J connectivity index is 1.41. The van der Waals surface area contributed by atoms with Crippen molar-refractivity contribution in [3.63, 3.8) is 0 Å². The average molecular weight is 469 g/mol. The van der Waals surface area contributed by atoms with Crippen LogP contribution in [0.2, 0.25) is 0 Å². The fourth-order valence-corrected chi connectivity index (χ4v) is 10.7. The molecule has 2 saturated carbocycles. The van der Waals surface area contributed by atoms with Crippen molar-refractivity contribution < 1.29 is 19.1 Å². The Morgan fingerprint density at radius 1 is 0.824 bits per heavy atom. The molecule has 0 N–H and O–H groups in total. The van der Waals surface area contributed by atoms with Gasteiger partial charge in [0.05, 0.1) is 11.5 Å². The lowest BCUT2D eigenvalue weighted by molar-refractivity contribution is -0.255. The first-order valence-corrected chi connectivity index (χ1v) is 13.9. The zero-order valence-corrected chi connectivity index (χ0v) is 22.4. The van der Waals surface area contributed by atoms with Gasteiger partial charge in [-0.2, -0.15) is 0 Å². The van der Waals surface area contributed by atoms with Crippen molar-refractivity contribution in [3.8, 4) is 0 Å². The highest BCUT2D eigenvalue weighted by atomic mass is 16.7. The van der Waals surface area contributed by atoms with Gasteiger partial charge in [-0.05, 0) is 67.6 Å². The largest absolute Gasteiger partial charge is 0.433 e. The lowest BCUT2D eigenvalue weighted by Gasteiger charge is -2.62. The van der Waals surface area contributed by atoms with Gasteiger partial charge >= 0.3 is 5.97 Å². The van der Waals surface area contributed by atoms with Crippen LogP contribution in [0.4, 0.5) is 0 Å². The number of ether oxygens (including phenoxy) is 2. The Hall–Kier alpha value is -1.16. The summed E-state index contributed by atoms with van der Waals surface area (Å²) in [6.07, 6.45) is 9.97. The molecule has 0 aromatic carbocycles. The Morgan fingerprint density at radius 3 is 2.24 bits per heavy atom. The highest BCUT2D eigenvalue weighted by Gasteiger charge is 2.74. The van der Waals surface area contributed by atoms with Crippen molar-refractivity contribution in [1.82, 2.24) is 0 Å². The van der Waals surface area contributed by atoms with Gasteiger partial charge in [-0.3, -0.25) is 9.59 Å². The van der Waals surface area contributed by atoms with Crippen LogP contribution in [0.15, 0.2) is 11.1 Å². The van der Waals surface area contributed by atoms with Crippen molar-refractivity contribution in [2.75, 3.05) is 0 Å². The first kappa shape index (κ1) is 23.3. The van der Waals surface area contributed by atoms with E-state index in [9.17, 15) is 9.59 Å². The van der Waals surface area contributed by atoms with Gasteiger partial charge in [-0.1, -0.05) is 59.6 Å². The van der Waals surface area contributed by atoms with Crippen molar-refractivity contribution in [2.24, 2.45) is 39.4 Å². The van der Waals surface area contributed by atoms with Crippen molar-refractivity contribution in [3.05, 3.63) is 11.1 Å². The van der Waals surface area contributed by atoms with E-state index in [0.717, 1.165) is 57.8 Å². The summed E-state index contributed by atoms with van der Waals surface area (Å²) in [5.41, 5.74) is 3.23. The SMILES string of the molecule is CC1CC2(C[C@@H](C)[C@]3(CC[C@@]4(C)C5=C(CC[C@@]43C)[C@@]3(C)CCC(=O)C(C)(C)[C@@H]3CC5)O2)OC1=O. The van der Waals surface area contributed by atoms with E-state index in [0.29, 0.717) is 24.0 Å². The third-order valence-electron chi connectivity index (χ3n) is 12.7. The Kier molecular flexibility index (Phi) is 4.50. The van der Waals surface area contributed by atoms with Crippen LogP contribution in [0.25, 0.3) is 0 Å². The molecule has 188 valence electrons. The molecular weight excluding hydrogens is 424 g/mol. The fraction of sp³-hybridized carbons (Fsp3) is 0.867. The van der Waals surface area contributed by atoms with Crippen LogP contribution in [-0.4, -0.2) is 23.1 Å². The molecule has 34 heavy (non-hydrogen) atoms. The van der Waals surface area contributed by atoms with Gasteiger partial charge in [0.2, 0.25) is 5.79 Å². The zero-order valence-electron chi connectivity index (χ0n) is 22.4.